The molecule has 49 heavy (non-hydrogen) atoms. The minimum atomic E-state index is -2.26. The fourth-order valence-electron chi connectivity index (χ4n) is 3.56. The standard InChI is InChI=1S/C24H32N6O19/c25-7(1-13(31)32)19(43)26-8(2-14(33)34)20(44)27-9(3-15(35)36)21(45)28-10(4-16(37)38)22(46)29-11(5-17(39)40)23(47)30-12(24(48)49)6-18(41)42/h7-12H,1-6,25H2,(H,26,43)(H,27,44)(H,28,45)(H,29,46)(H,30,47)(H,31,32)(H,33,34)(H,35,36)(H,37,38)(H,39,40)(H,41,42)(H,48,49)/t7-,8-,9-,10-,11-,12-/m0/s1. The molecule has 0 saturated heterocycles. The molecule has 25 heteroatoms. The molecule has 0 aliphatic carbocycles. The van der Waals surface area contributed by atoms with Crippen LogP contribution in [0.15, 0.2) is 0 Å². The lowest BCUT2D eigenvalue weighted by Gasteiger charge is -2.25. The average Bonchev–Trinajstić information content (AvgIpc) is 2.93. The molecular formula is C24H32N6O19. The minimum absolute atomic E-state index is 0.957. The first-order chi connectivity index (χ1) is 22.5. The summed E-state index contributed by atoms with van der Waals surface area (Å²) in [6.07, 6.45) is -7.27. The quantitative estimate of drug-likeness (QED) is 0.0469. The summed E-state index contributed by atoms with van der Waals surface area (Å²) < 4.78 is 0. The van der Waals surface area contributed by atoms with Gasteiger partial charge in [-0.3, -0.25) is 52.7 Å². The van der Waals surface area contributed by atoms with Crippen molar-refractivity contribution in [2.45, 2.75) is 74.8 Å². The van der Waals surface area contributed by atoms with Gasteiger partial charge in [0.05, 0.1) is 44.6 Å². The number of aliphatic carboxylic acids is 7. The van der Waals surface area contributed by atoms with Gasteiger partial charge in [-0.2, -0.15) is 0 Å². The lowest BCUT2D eigenvalue weighted by molar-refractivity contribution is -0.148. The van der Waals surface area contributed by atoms with Gasteiger partial charge in [0.25, 0.3) is 0 Å². The van der Waals surface area contributed by atoms with Gasteiger partial charge in [0.1, 0.15) is 30.2 Å². The summed E-state index contributed by atoms with van der Waals surface area (Å²) >= 11 is 0. The summed E-state index contributed by atoms with van der Waals surface area (Å²) in [5.74, 6) is -19.9. The van der Waals surface area contributed by atoms with Crippen molar-refractivity contribution in [2.24, 2.45) is 5.73 Å². The highest BCUT2D eigenvalue weighted by Gasteiger charge is 2.36. The van der Waals surface area contributed by atoms with Gasteiger partial charge in [0.2, 0.25) is 29.5 Å². The Morgan fingerprint density at radius 1 is 0.347 bits per heavy atom. The molecule has 0 bridgehead atoms. The smallest absolute Gasteiger partial charge is 0.326 e. The largest absolute Gasteiger partial charge is 0.481 e. The SMILES string of the molecule is N[C@@H](CC(=O)O)C(=O)N[C@@H](CC(=O)O)C(=O)N[C@@H](CC(=O)O)C(=O)N[C@@H](CC(=O)O)C(=O)N[C@@H](CC(=O)O)C(=O)N[C@@H](CC(=O)O)C(=O)O. The van der Waals surface area contributed by atoms with Gasteiger partial charge in [0.15, 0.2) is 0 Å². The van der Waals surface area contributed by atoms with Gasteiger partial charge in [-0.1, -0.05) is 0 Å². The topological polar surface area (TPSA) is 433 Å². The Kier molecular flexibility index (Phi) is 17.4. The van der Waals surface area contributed by atoms with Crippen LogP contribution in [0.1, 0.15) is 38.5 Å². The molecule has 0 radical (unpaired) electrons. The Bertz CT molecular complexity index is 1370. The minimum Gasteiger partial charge on any atom is -0.481 e. The van der Waals surface area contributed by atoms with Crippen LogP contribution in [0.25, 0.3) is 0 Å². The van der Waals surface area contributed by atoms with Gasteiger partial charge in [0, 0.05) is 0 Å². The van der Waals surface area contributed by atoms with Gasteiger partial charge in [-0.25, -0.2) is 4.79 Å². The Balaban J connectivity index is 6.20. The monoisotopic (exact) mass is 708 g/mol. The van der Waals surface area contributed by atoms with Crippen LogP contribution in [0.5, 0.6) is 0 Å². The molecule has 0 aliphatic heterocycles. The van der Waals surface area contributed by atoms with E-state index >= 15 is 0 Å². The summed E-state index contributed by atoms with van der Waals surface area (Å²) in [6, 6.07) is -12.7. The van der Waals surface area contributed by atoms with Gasteiger partial charge >= 0.3 is 41.8 Å². The van der Waals surface area contributed by atoms with E-state index in [2.05, 4.69) is 0 Å². The fourth-order valence-corrected chi connectivity index (χ4v) is 3.56. The molecule has 0 fully saturated rings. The third-order valence-corrected chi connectivity index (χ3v) is 5.77. The second-order valence-electron chi connectivity index (χ2n) is 9.84. The molecule has 14 N–H and O–H groups in total. The number of carboxylic acids is 7. The van der Waals surface area contributed by atoms with E-state index in [1.807, 2.05) is 5.32 Å². The molecule has 0 aromatic rings. The van der Waals surface area contributed by atoms with Crippen molar-refractivity contribution in [1.29, 1.82) is 0 Å². The van der Waals surface area contributed by atoms with Crippen molar-refractivity contribution in [2.75, 3.05) is 0 Å². The molecule has 0 aromatic heterocycles. The predicted octanol–water partition coefficient (Wildman–Crippen LogP) is -6.33. The molecule has 0 spiro atoms. The highest BCUT2D eigenvalue weighted by Crippen LogP contribution is 2.05. The maximum atomic E-state index is 13.0. The van der Waals surface area contributed by atoms with Crippen LogP contribution in [-0.2, 0) is 57.5 Å². The van der Waals surface area contributed by atoms with Crippen LogP contribution in [-0.4, -0.2) is 143 Å². The first kappa shape index (κ1) is 42.6. The van der Waals surface area contributed by atoms with E-state index in [0.717, 1.165) is 0 Å². The highest BCUT2D eigenvalue weighted by molar-refractivity contribution is 6.00. The van der Waals surface area contributed by atoms with E-state index in [4.69, 9.17) is 31.3 Å². The maximum Gasteiger partial charge on any atom is 0.326 e. The molecule has 0 rings (SSSR count). The van der Waals surface area contributed by atoms with Gasteiger partial charge in [-0.15, -0.1) is 0 Å². The maximum absolute atomic E-state index is 13.0. The van der Waals surface area contributed by atoms with Gasteiger partial charge in [-0.05, 0) is 0 Å². The molecule has 25 nitrogen and oxygen atoms in total. The molecule has 0 unspecified atom stereocenters. The number of carbonyl (C=O) groups excluding carboxylic acids is 5. The summed E-state index contributed by atoms with van der Waals surface area (Å²) in [5, 5.41) is 72.2. The molecule has 5 amide bonds. The van der Waals surface area contributed by atoms with E-state index in [1.165, 1.54) is 0 Å². The van der Waals surface area contributed by atoms with E-state index in [0.29, 0.717) is 0 Å². The number of nitrogens with one attached hydrogen (secondary N) is 5. The lowest BCUT2D eigenvalue weighted by atomic mass is 10.1. The van der Waals surface area contributed by atoms with Crippen LogP contribution in [0.2, 0.25) is 0 Å². The van der Waals surface area contributed by atoms with Crippen molar-refractivity contribution in [3.05, 3.63) is 0 Å². The zero-order valence-corrected chi connectivity index (χ0v) is 24.8. The number of amides is 5. The van der Waals surface area contributed by atoms with Crippen molar-refractivity contribution in [3.8, 4) is 0 Å². The second-order valence-corrected chi connectivity index (χ2v) is 9.84. The predicted molar refractivity (Wildman–Crippen MR) is 149 cm³/mol. The summed E-state index contributed by atoms with van der Waals surface area (Å²) in [7, 11) is 0. The van der Waals surface area contributed by atoms with Crippen LogP contribution >= 0.6 is 0 Å². The number of nitrogens with two attached hydrogens (primary N) is 1. The molecular weight excluding hydrogens is 676 g/mol. The van der Waals surface area contributed by atoms with E-state index in [-0.39, 0.29) is 0 Å². The number of carbonyl (C=O) groups is 12. The zero-order chi connectivity index (χ0) is 38.2. The van der Waals surface area contributed by atoms with Gasteiger partial charge < -0.3 is 68.1 Å². The first-order valence-corrected chi connectivity index (χ1v) is 13.3. The van der Waals surface area contributed by atoms with Crippen molar-refractivity contribution in [3.63, 3.8) is 0 Å². The molecule has 0 aliphatic rings. The summed E-state index contributed by atoms with van der Waals surface area (Å²) in [6.45, 7) is 0. The van der Waals surface area contributed by atoms with Crippen LogP contribution in [0, 0.1) is 0 Å². The zero-order valence-electron chi connectivity index (χ0n) is 24.8. The van der Waals surface area contributed by atoms with E-state index in [9.17, 15) is 67.7 Å². The van der Waals surface area contributed by atoms with Crippen LogP contribution in [0.4, 0.5) is 0 Å². The number of carboxylic acid groups (broad SMARTS) is 7. The lowest BCUT2D eigenvalue weighted by Crippen LogP contribution is -2.60. The Hall–Kier alpha value is -6.40. The number of hydrogen-bond donors (Lipinski definition) is 13. The number of hydrogen-bond acceptors (Lipinski definition) is 13. The molecule has 6 atom stereocenters. The normalized spacial score (nSPS) is 14.1. The fraction of sp³-hybridized carbons (Fsp3) is 0.500. The number of rotatable bonds is 23. The molecule has 0 saturated carbocycles. The Labute approximate surface area is 272 Å². The van der Waals surface area contributed by atoms with Crippen LogP contribution < -0.4 is 32.3 Å². The second kappa shape index (κ2) is 20.0. The van der Waals surface area contributed by atoms with Crippen LogP contribution in [0.3, 0.4) is 0 Å². The molecule has 0 aromatic carbocycles. The first-order valence-electron chi connectivity index (χ1n) is 13.3. The van der Waals surface area contributed by atoms with Crippen molar-refractivity contribution in [1.82, 2.24) is 26.6 Å². The Morgan fingerprint density at radius 3 is 0.776 bits per heavy atom. The molecule has 272 valence electrons. The van der Waals surface area contributed by atoms with E-state index in [1.54, 1.807) is 21.3 Å². The summed E-state index contributed by atoms with van der Waals surface area (Å²) in [4.78, 5) is 142. The highest BCUT2D eigenvalue weighted by atomic mass is 16.4. The van der Waals surface area contributed by atoms with E-state index < -0.39 is 146 Å². The average molecular weight is 709 g/mol. The molecule has 0 heterocycles. The third kappa shape index (κ3) is 17.2. The third-order valence-electron chi connectivity index (χ3n) is 5.77. The summed E-state index contributed by atoms with van der Waals surface area (Å²) in [5.41, 5.74) is 5.36. The Morgan fingerprint density at radius 2 is 0.551 bits per heavy atom. The van der Waals surface area contributed by atoms with Crippen molar-refractivity contribution < 1.29 is 93.3 Å². The van der Waals surface area contributed by atoms with Crippen molar-refractivity contribution >= 4 is 71.3 Å².